The lowest BCUT2D eigenvalue weighted by atomic mass is 10.1. The molecule has 0 N–H and O–H groups in total. The number of ether oxygens (including phenoxy) is 4. The summed E-state index contributed by atoms with van der Waals surface area (Å²) in [5.74, 6) is 0.185. The summed E-state index contributed by atoms with van der Waals surface area (Å²) in [5, 5.41) is 0.390. The maximum Gasteiger partial charge on any atom is 0.308 e. The number of rotatable bonds is 4. The topological polar surface area (TPSA) is 84.2 Å². The lowest BCUT2D eigenvalue weighted by molar-refractivity contribution is -0.131. The second-order valence-corrected chi connectivity index (χ2v) is 5.18. The van der Waals surface area contributed by atoms with E-state index in [4.69, 9.17) is 23.4 Å². The Labute approximate surface area is 142 Å². The van der Waals surface area contributed by atoms with Gasteiger partial charge in [-0.1, -0.05) is 6.07 Å². The van der Waals surface area contributed by atoms with Crippen molar-refractivity contribution in [2.24, 2.45) is 0 Å². The Bertz CT molecular complexity index is 1030. The van der Waals surface area contributed by atoms with E-state index in [2.05, 4.69) is 0 Å². The number of hydrogen-bond acceptors (Lipinski definition) is 7. The molecule has 0 aliphatic heterocycles. The summed E-state index contributed by atoms with van der Waals surface area (Å²) in [7, 11) is 4.31. The first-order chi connectivity index (χ1) is 12.0. The van der Waals surface area contributed by atoms with Gasteiger partial charge in [0.15, 0.2) is 22.8 Å². The van der Waals surface area contributed by atoms with Gasteiger partial charge in [-0.3, -0.25) is 9.59 Å². The summed E-state index contributed by atoms with van der Waals surface area (Å²) >= 11 is 0. The molecule has 0 atom stereocenters. The Kier molecular flexibility index (Phi) is 4.22. The van der Waals surface area contributed by atoms with Gasteiger partial charge in [-0.2, -0.15) is 0 Å². The van der Waals surface area contributed by atoms with Crippen molar-refractivity contribution in [1.29, 1.82) is 0 Å². The van der Waals surface area contributed by atoms with Crippen LogP contribution in [-0.2, 0) is 4.79 Å². The van der Waals surface area contributed by atoms with Crippen molar-refractivity contribution in [1.82, 2.24) is 0 Å². The first-order valence-electron chi connectivity index (χ1n) is 7.38. The number of methoxy groups -OCH3 is 3. The van der Waals surface area contributed by atoms with Crippen molar-refractivity contribution in [2.75, 3.05) is 21.3 Å². The van der Waals surface area contributed by atoms with Gasteiger partial charge in [0.05, 0.1) is 26.7 Å². The lowest BCUT2D eigenvalue weighted by Crippen LogP contribution is -2.10. The summed E-state index contributed by atoms with van der Waals surface area (Å²) in [6.07, 6.45) is 0. The SMILES string of the molecule is COc1cc2oc3c(OC)cccc3c(=O)c2c(OC(C)=O)c1OC. The Morgan fingerprint density at radius 1 is 1.00 bits per heavy atom. The highest BCUT2D eigenvalue weighted by Crippen LogP contribution is 2.43. The molecule has 130 valence electrons. The number of fused-ring (bicyclic) bond motifs is 2. The van der Waals surface area contributed by atoms with E-state index in [0.29, 0.717) is 16.7 Å². The van der Waals surface area contributed by atoms with E-state index in [-0.39, 0.29) is 33.6 Å². The van der Waals surface area contributed by atoms with Gasteiger partial charge in [0.2, 0.25) is 11.2 Å². The van der Waals surface area contributed by atoms with Gasteiger partial charge in [-0.05, 0) is 12.1 Å². The first-order valence-corrected chi connectivity index (χ1v) is 7.38. The third-order valence-electron chi connectivity index (χ3n) is 3.72. The molecule has 0 radical (unpaired) electrons. The Morgan fingerprint density at radius 2 is 1.72 bits per heavy atom. The van der Waals surface area contributed by atoms with Crippen LogP contribution in [0.15, 0.2) is 33.5 Å². The predicted molar refractivity (Wildman–Crippen MR) is 91.0 cm³/mol. The van der Waals surface area contributed by atoms with Crippen molar-refractivity contribution in [3.8, 4) is 23.0 Å². The normalized spacial score (nSPS) is 10.7. The zero-order valence-corrected chi connectivity index (χ0v) is 14.2. The molecule has 1 aromatic heterocycles. The Hall–Kier alpha value is -3.22. The van der Waals surface area contributed by atoms with E-state index in [1.165, 1.54) is 34.3 Å². The highest BCUT2D eigenvalue weighted by molar-refractivity contribution is 5.98. The molecule has 0 aliphatic carbocycles. The summed E-state index contributed by atoms with van der Waals surface area (Å²) in [6.45, 7) is 1.23. The average Bonchev–Trinajstić information content (AvgIpc) is 2.60. The van der Waals surface area contributed by atoms with Crippen LogP contribution in [0.25, 0.3) is 21.9 Å². The highest BCUT2D eigenvalue weighted by atomic mass is 16.6. The molecule has 0 spiro atoms. The number of benzene rings is 2. The van der Waals surface area contributed by atoms with Crippen molar-refractivity contribution < 1.29 is 28.2 Å². The maximum absolute atomic E-state index is 13.0. The number of carbonyl (C=O) groups excluding carboxylic acids is 1. The minimum Gasteiger partial charge on any atom is -0.493 e. The molecule has 0 saturated heterocycles. The fraction of sp³-hybridized carbons (Fsp3) is 0.222. The molecule has 7 nitrogen and oxygen atoms in total. The summed E-state index contributed by atoms with van der Waals surface area (Å²) in [6, 6.07) is 6.48. The molecule has 3 rings (SSSR count). The van der Waals surface area contributed by atoms with Gasteiger partial charge in [0.1, 0.15) is 11.0 Å². The van der Waals surface area contributed by atoms with Crippen LogP contribution in [0, 0.1) is 0 Å². The lowest BCUT2D eigenvalue weighted by Gasteiger charge is -2.15. The fourth-order valence-electron chi connectivity index (χ4n) is 2.68. The van der Waals surface area contributed by atoms with Crippen molar-refractivity contribution in [3.05, 3.63) is 34.5 Å². The molecule has 3 aromatic rings. The molecule has 0 amide bonds. The minimum absolute atomic E-state index is 0.0391. The van der Waals surface area contributed by atoms with E-state index >= 15 is 0 Å². The number of hydrogen-bond donors (Lipinski definition) is 0. The molecule has 25 heavy (non-hydrogen) atoms. The molecular formula is C18H16O7. The second-order valence-electron chi connectivity index (χ2n) is 5.18. The number of carbonyl (C=O) groups is 1. The van der Waals surface area contributed by atoms with E-state index < -0.39 is 5.97 Å². The first kappa shape index (κ1) is 16.6. The van der Waals surface area contributed by atoms with Crippen molar-refractivity contribution in [3.63, 3.8) is 0 Å². The quantitative estimate of drug-likeness (QED) is 0.409. The van der Waals surface area contributed by atoms with Crippen LogP contribution in [-0.4, -0.2) is 27.3 Å². The largest absolute Gasteiger partial charge is 0.493 e. The smallest absolute Gasteiger partial charge is 0.308 e. The third-order valence-corrected chi connectivity index (χ3v) is 3.72. The van der Waals surface area contributed by atoms with Crippen LogP contribution in [0.3, 0.4) is 0 Å². The van der Waals surface area contributed by atoms with Crippen LogP contribution < -0.4 is 24.4 Å². The maximum atomic E-state index is 13.0. The average molecular weight is 344 g/mol. The summed E-state index contributed by atoms with van der Waals surface area (Å²) < 4.78 is 26.9. The monoisotopic (exact) mass is 344 g/mol. The summed E-state index contributed by atoms with van der Waals surface area (Å²) in [5.41, 5.74) is 0.117. The van der Waals surface area contributed by atoms with Crippen molar-refractivity contribution >= 4 is 27.9 Å². The Balaban J connectivity index is 2.54. The van der Waals surface area contributed by atoms with Crippen LogP contribution in [0.1, 0.15) is 6.92 Å². The van der Waals surface area contributed by atoms with Gasteiger partial charge < -0.3 is 23.4 Å². The van der Waals surface area contributed by atoms with Gasteiger partial charge in [0, 0.05) is 13.0 Å². The number of para-hydroxylation sites is 1. The zero-order valence-electron chi connectivity index (χ0n) is 14.2. The van der Waals surface area contributed by atoms with E-state index in [1.54, 1.807) is 18.2 Å². The molecular weight excluding hydrogens is 328 g/mol. The van der Waals surface area contributed by atoms with Crippen LogP contribution in [0.5, 0.6) is 23.0 Å². The molecule has 0 bridgehead atoms. The third kappa shape index (κ3) is 2.63. The van der Waals surface area contributed by atoms with E-state index in [0.717, 1.165) is 0 Å². The minimum atomic E-state index is -0.599. The van der Waals surface area contributed by atoms with Gasteiger partial charge in [-0.15, -0.1) is 0 Å². The molecule has 2 aromatic carbocycles. The zero-order chi connectivity index (χ0) is 18.1. The Morgan fingerprint density at radius 3 is 2.32 bits per heavy atom. The van der Waals surface area contributed by atoms with E-state index in [1.807, 2.05) is 0 Å². The molecule has 7 heteroatoms. The molecule has 0 saturated carbocycles. The van der Waals surface area contributed by atoms with Crippen molar-refractivity contribution in [2.45, 2.75) is 6.92 Å². The van der Waals surface area contributed by atoms with Crippen LogP contribution in [0.4, 0.5) is 0 Å². The van der Waals surface area contributed by atoms with Gasteiger partial charge >= 0.3 is 5.97 Å². The van der Waals surface area contributed by atoms with Gasteiger partial charge in [-0.25, -0.2) is 0 Å². The summed E-state index contributed by atoms with van der Waals surface area (Å²) in [4.78, 5) is 24.6. The molecule has 0 fully saturated rings. The van der Waals surface area contributed by atoms with Gasteiger partial charge in [0.25, 0.3) is 0 Å². The van der Waals surface area contributed by atoms with E-state index in [9.17, 15) is 9.59 Å². The fourth-order valence-corrected chi connectivity index (χ4v) is 2.68. The standard InChI is InChI=1S/C18H16O7/c1-9(19)24-18-14-12(8-13(22-3)17(18)23-4)25-16-10(15(14)20)6-5-7-11(16)21-2/h5-8H,1-4H3. The van der Waals surface area contributed by atoms with Crippen LogP contribution >= 0.6 is 0 Å². The molecule has 0 unspecified atom stereocenters. The highest BCUT2D eigenvalue weighted by Gasteiger charge is 2.23. The second kappa shape index (κ2) is 6.35. The van der Waals surface area contributed by atoms with Crippen LogP contribution in [0.2, 0.25) is 0 Å². The molecule has 1 heterocycles. The predicted octanol–water partition coefficient (Wildman–Crippen LogP) is 2.90. The molecule has 0 aliphatic rings. The number of esters is 1.